The normalized spacial score (nSPS) is 11.7. The Morgan fingerprint density at radius 3 is 0.732 bits per heavy atom. The van der Waals surface area contributed by atoms with Gasteiger partial charge in [-0.15, -0.1) is 0 Å². The van der Waals surface area contributed by atoms with Crippen LogP contribution >= 0.6 is 0 Å². The van der Waals surface area contributed by atoms with E-state index in [0.29, 0.717) is 0 Å². The van der Waals surface area contributed by atoms with Crippen LogP contribution in [0, 0.1) is 0 Å². The third kappa shape index (κ3) is 6.63. The van der Waals surface area contributed by atoms with E-state index < -0.39 is 0 Å². The van der Waals surface area contributed by atoms with Crippen LogP contribution < -0.4 is 9.80 Å². The molecule has 5 nitrogen and oxygen atoms in total. The summed E-state index contributed by atoms with van der Waals surface area (Å²) in [4.78, 5) is 4.79. The molecule has 0 unspecified atom stereocenters. The lowest BCUT2D eigenvalue weighted by molar-refractivity contribution is 1.17. The van der Waals surface area contributed by atoms with E-state index in [1.54, 1.807) is 0 Å². The SMILES string of the molecule is c1ccc(N(c2ccc3c4ccccc4n(-c4ccccc4)c3c2)c2ccc3c4ccc(N(c5ccccc5)c5ccc6c7ccccc7n(-c7ccccc7)c6c5)cc4n(-c4ccccc4)c3c2)cc1. The fourth-order valence-electron chi connectivity index (χ4n) is 11.1. The van der Waals surface area contributed by atoms with Gasteiger partial charge >= 0.3 is 0 Å². The number of anilines is 6. The molecule has 0 radical (unpaired) electrons. The maximum Gasteiger partial charge on any atom is 0.0561 e. The Kier molecular flexibility index (Phi) is 9.46. The van der Waals surface area contributed by atoms with Gasteiger partial charge in [0.25, 0.3) is 0 Å². The number of rotatable bonds is 9. The van der Waals surface area contributed by atoms with Crippen LogP contribution in [0.15, 0.2) is 273 Å². The lowest BCUT2D eigenvalue weighted by atomic mass is 10.1. The summed E-state index contributed by atoms with van der Waals surface area (Å²) < 4.78 is 7.23. The van der Waals surface area contributed by atoms with Crippen molar-refractivity contribution in [3.63, 3.8) is 0 Å². The van der Waals surface area contributed by atoms with E-state index in [1.165, 1.54) is 43.4 Å². The van der Waals surface area contributed by atoms with Crippen LogP contribution in [0.2, 0.25) is 0 Å². The molecule has 0 amide bonds. The molecular weight excluding hydrogens is 863 g/mol. The average molecular weight is 908 g/mol. The summed E-state index contributed by atoms with van der Waals surface area (Å²) in [5.41, 5.74) is 16.8. The van der Waals surface area contributed by atoms with Gasteiger partial charge in [0.1, 0.15) is 0 Å². The molecule has 0 aliphatic heterocycles. The lowest BCUT2D eigenvalue weighted by Crippen LogP contribution is -2.10. The zero-order valence-electron chi connectivity index (χ0n) is 38.7. The van der Waals surface area contributed by atoms with Gasteiger partial charge in [-0.05, 0) is 121 Å². The molecule has 0 fully saturated rings. The fraction of sp³-hybridized carbons (Fsp3) is 0. The quantitative estimate of drug-likeness (QED) is 0.144. The van der Waals surface area contributed by atoms with Crippen LogP contribution in [0.1, 0.15) is 0 Å². The standard InChI is InChI=1S/C66H45N5/c1-6-20-46(21-7-1)67(51-34-38-57-55-30-16-18-32-61(55)69(63(57)42-51)48-24-10-3-11-25-48)53-36-40-59-60-41-37-54(45-66(60)71(65(59)44-53)50-28-14-5-15-29-50)68(47-22-8-2-9-23-47)52-35-39-58-56-31-17-19-33-62(56)70(64(58)43-52)49-26-12-4-13-27-49/h1-45H. The minimum atomic E-state index is 1.07. The number of aromatic nitrogens is 3. The van der Waals surface area contributed by atoms with Crippen LogP contribution in [0.4, 0.5) is 34.1 Å². The van der Waals surface area contributed by atoms with Gasteiger partial charge in [-0.1, -0.05) is 152 Å². The van der Waals surface area contributed by atoms with Gasteiger partial charge in [0.2, 0.25) is 0 Å². The first-order chi connectivity index (χ1) is 35.2. The van der Waals surface area contributed by atoms with Gasteiger partial charge in [-0.25, -0.2) is 0 Å². The summed E-state index contributed by atoms with van der Waals surface area (Å²) in [6.07, 6.45) is 0. The Morgan fingerprint density at radius 1 is 0.183 bits per heavy atom. The molecule has 14 aromatic rings. The van der Waals surface area contributed by atoms with Crippen molar-refractivity contribution in [2.45, 2.75) is 0 Å². The van der Waals surface area contributed by atoms with Crippen LogP contribution in [0.25, 0.3) is 82.5 Å². The predicted molar refractivity (Wildman–Crippen MR) is 299 cm³/mol. The molecule has 14 rings (SSSR count). The van der Waals surface area contributed by atoms with Gasteiger partial charge in [0, 0.05) is 83.5 Å². The van der Waals surface area contributed by atoms with Gasteiger partial charge < -0.3 is 23.5 Å². The van der Waals surface area contributed by atoms with E-state index in [0.717, 1.165) is 73.3 Å². The summed E-state index contributed by atoms with van der Waals surface area (Å²) in [6, 6.07) is 98.9. The highest BCUT2D eigenvalue weighted by atomic mass is 15.2. The molecule has 3 aromatic heterocycles. The van der Waals surface area contributed by atoms with Crippen molar-refractivity contribution in [3.05, 3.63) is 273 Å². The Bertz CT molecular complexity index is 4010. The minimum Gasteiger partial charge on any atom is -0.310 e. The van der Waals surface area contributed by atoms with Crippen molar-refractivity contribution in [3.8, 4) is 17.1 Å². The second-order valence-corrected chi connectivity index (χ2v) is 18.2. The first-order valence-electron chi connectivity index (χ1n) is 24.3. The lowest BCUT2D eigenvalue weighted by Gasteiger charge is -2.26. The monoisotopic (exact) mass is 907 g/mol. The highest BCUT2D eigenvalue weighted by molar-refractivity contribution is 6.14. The van der Waals surface area contributed by atoms with Gasteiger partial charge in [0.05, 0.1) is 33.1 Å². The summed E-state index contributed by atoms with van der Waals surface area (Å²) in [5, 5.41) is 7.29. The maximum absolute atomic E-state index is 2.44. The largest absolute Gasteiger partial charge is 0.310 e. The number of fused-ring (bicyclic) bond motifs is 9. The number of benzene rings is 11. The number of hydrogen-bond donors (Lipinski definition) is 0. The Labute approximate surface area is 411 Å². The van der Waals surface area contributed by atoms with Crippen molar-refractivity contribution in [2.24, 2.45) is 0 Å². The summed E-state index contributed by atoms with van der Waals surface area (Å²) in [7, 11) is 0. The smallest absolute Gasteiger partial charge is 0.0561 e. The van der Waals surface area contributed by atoms with Crippen molar-refractivity contribution in [1.29, 1.82) is 0 Å². The Morgan fingerprint density at radius 2 is 0.423 bits per heavy atom. The first kappa shape index (κ1) is 40.5. The van der Waals surface area contributed by atoms with Crippen molar-refractivity contribution < 1.29 is 0 Å². The molecule has 0 spiro atoms. The van der Waals surface area contributed by atoms with Crippen molar-refractivity contribution in [1.82, 2.24) is 13.7 Å². The zero-order chi connectivity index (χ0) is 46.8. The molecule has 0 N–H and O–H groups in total. The molecule has 0 saturated heterocycles. The third-order valence-electron chi connectivity index (χ3n) is 14.2. The minimum absolute atomic E-state index is 1.07. The molecule has 3 heterocycles. The molecule has 0 aliphatic carbocycles. The summed E-state index contributed by atoms with van der Waals surface area (Å²) in [6.45, 7) is 0. The fourth-order valence-corrected chi connectivity index (χ4v) is 11.1. The molecule has 0 bridgehead atoms. The Hall–Kier alpha value is -9.58. The Balaban J connectivity index is 0.974. The third-order valence-corrected chi connectivity index (χ3v) is 14.2. The van der Waals surface area contributed by atoms with Crippen molar-refractivity contribution in [2.75, 3.05) is 9.80 Å². The highest BCUT2D eigenvalue weighted by Crippen LogP contribution is 2.45. The van der Waals surface area contributed by atoms with Crippen LogP contribution in [0.5, 0.6) is 0 Å². The zero-order valence-corrected chi connectivity index (χ0v) is 38.7. The molecule has 334 valence electrons. The van der Waals surface area contributed by atoms with Crippen LogP contribution in [-0.2, 0) is 0 Å². The van der Waals surface area contributed by atoms with Gasteiger partial charge in [-0.3, -0.25) is 0 Å². The molecule has 0 saturated carbocycles. The maximum atomic E-state index is 2.44. The second kappa shape index (κ2) is 16.6. The predicted octanol–water partition coefficient (Wildman–Crippen LogP) is 17.9. The van der Waals surface area contributed by atoms with Crippen LogP contribution in [0.3, 0.4) is 0 Å². The number of nitrogens with zero attached hydrogens (tertiary/aromatic N) is 5. The summed E-state index contributed by atoms with van der Waals surface area (Å²) >= 11 is 0. The van der Waals surface area contributed by atoms with Gasteiger partial charge in [0.15, 0.2) is 0 Å². The van der Waals surface area contributed by atoms with E-state index in [1.807, 2.05) is 0 Å². The number of para-hydroxylation sites is 7. The molecule has 71 heavy (non-hydrogen) atoms. The first-order valence-corrected chi connectivity index (χ1v) is 24.3. The molecule has 0 aliphatic rings. The molecule has 0 atom stereocenters. The summed E-state index contributed by atoms with van der Waals surface area (Å²) in [5.74, 6) is 0. The molecular formula is C66H45N5. The number of hydrogen-bond acceptors (Lipinski definition) is 2. The van der Waals surface area contributed by atoms with E-state index in [9.17, 15) is 0 Å². The second-order valence-electron chi connectivity index (χ2n) is 18.2. The average Bonchev–Trinajstić information content (AvgIpc) is 4.07. The van der Waals surface area contributed by atoms with E-state index in [-0.39, 0.29) is 0 Å². The highest BCUT2D eigenvalue weighted by Gasteiger charge is 2.23. The molecule has 5 heteroatoms. The molecule has 11 aromatic carbocycles. The van der Waals surface area contributed by atoms with E-state index in [2.05, 4.69) is 296 Å². The topological polar surface area (TPSA) is 21.3 Å². The van der Waals surface area contributed by atoms with Gasteiger partial charge in [-0.2, -0.15) is 0 Å². The van der Waals surface area contributed by atoms with Crippen molar-refractivity contribution >= 4 is 99.5 Å². The van der Waals surface area contributed by atoms with E-state index >= 15 is 0 Å². The van der Waals surface area contributed by atoms with Crippen LogP contribution in [-0.4, -0.2) is 13.7 Å². The van der Waals surface area contributed by atoms with E-state index in [4.69, 9.17) is 0 Å².